The van der Waals surface area contributed by atoms with Gasteiger partial charge in [-0.25, -0.2) is 4.98 Å². The molecule has 0 radical (unpaired) electrons. The van der Waals surface area contributed by atoms with Crippen molar-refractivity contribution in [3.8, 4) is 5.88 Å². The first kappa shape index (κ1) is 11.4. The number of ether oxygens (including phenoxy) is 1. The van der Waals surface area contributed by atoms with E-state index < -0.39 is 6.10 Å². The lowest BCUT2D eigenvalue weighted by Gasteiger charge is -2.10. The molecule has 78 valence electrons. The Labute approximate surface area is 91.2 Å². The summed E-state index contributed by atoms with van der Waals surface area (Å²) in [6.45, 7) is 0.232. The summed E-state index contributed by atoms with van der Waals surface area (Å²) in [5, 5.41) is 9.40. The van der Waals surface area contributed by atoms with Crippen LogP contribution in [0.1, 0.15) is 5.56 Å². The van der Waals surface area contributed by atoms with Crippen molar-refractivity contribution < 1.29 is 9.84 Å². The molecule has 0 aliphatic carbocycles. The third-order valence-corrected chi connectivity index (χ3v) is 2.25. The lowest BCUT2D eigenvalue weighted by atomic mass is 10.1. The number of aliphatic hydroxyl groups is 1. The van der Waals surface area contributed by atoms with E-state index in [9.17, 15) is 5.11 Å². The zero-order valence-corrected chi connectivity index (χ0v) is 9.49. The molecule has 0 bridgehead atoms. The molecule has 0 aromatic carbocycles. The van der Waals surface area contributed by atoms with Crippen molar-refractivity contribution in [1.82, 2.24) is 4.98 Å². The topological polar surface area (TPSA) is 68.4 Å². The molecule has 3 N–H and O–H groups in total. The van der Waals surface area contributed by atoms with E-state index >= 15 is 0 Å². The maximum absolute atomic E-state index is 9.40. The van der Waals surface area contributed by atoms with Crippen LogP contribution in [0.3, 0.4) is 0 Å². The number of aromatic nitrogens is 1. The molecule has 14 heavy (non-hydrogen) atoms. The zero-order valence-electron chi connectivity index (χ0n) is 7.90. The molecular weight excluding hydrogens is 248 g/mol. The van der Waals surface area contributed by atoms with Crippen molar-refractivity contribution in [1.29, 1.82) is 0 Å². The third kappa shape index (κ3) is 2.94. The minimum Gasteiger partial charge on any atom is -0.481 e. The van der Waals surface area contributed by atoms with E-state index in [0.29, 0.717) is 12.3 Å². The number of hydrogen-bond acceptors (Lipinski definition) is 4. The minimum atomic E-state index is -0.556. The minimum absolute atomic E-state index is 0.232. The molecule has 5 heteroatoms. The molecule has 4 nitrogen and oxygen atoms in total. The highest BCUT2D eigenvalue weighted by Crippen LogP contribution is 2.20. The highest BCUT2D eigenvalue weighted by molar-refractivity contribution is 9.10. The van der Waals surface area contributed by atoms with Crippen LogP contribution in [0.2, 0.25) is 0 Å². The molecule has 0 fully saturated rings. The Morgan fingerprint density at radius 3 is 3.00 bits per heavy atom. The second kappa shape index (κ2) is 5.29. The van der Waals surface area contributed by atoms with Gasteiger partial charge in [0.05, 0.1) is 13.2 Å². The highest BCUT2D eigenvalue weighted by atomic mass is 79.9. The van der Waals surface area contributed by atoms with Crippen molar-refractivity contribution in [3.05, 3.63) is 22.3 Å². The standard InChI is InChI=1S/C9H13BrN2O2/c1-14-9-6(3-8(13)4-11)2-7(10)5-12-9/h2,5,8,13H,3-4,11H2,1H3. The fourth-order valence-electron chi connectivity index (χ4n) is 1.14. The van der Waals surface area contributed by atoms with Crippen LogP contribution in [-0.2, 0) is 6.42 Å². The Morgan fingerprint density at radius 1 is 1.71 bits per heavy atom. The lowest BCUT2D eigenvalue weighted by Crippen LogP contribution is -2.22. The van der Waals surface area contributed by atoms with E-state index in [1.165, 1.54) is 0 Å². The van der Waals surface area contributed by atoms with Gasteiger partial charge in [-0.15, -0.1) is 0 Å². The number of hydrogen-bond donors (Lipinski definition) is 2. The third-order valence-electron chi connectivity index (χ3n) is 1.81. The Bertz CT molecular complexity index is 307. The van der Waals surface area contributed by atoms with Crippen molar-refractivity contribution in [2.75, 3.05) is 13.7 Å². The van der Waals surface area contributed by atoms with Crippen LogP contribution in [0.5, 0.6) is 5.88 Å². The van der Waals surface area contributed by atoms with Gasteiger partial charge in [-0.3, -0.25) is 0 Å². The average Bonchev–Trinajstić information content (AvgIpc) is 2.18. The molecule has 1 rings (SSSR count). The molecule has 0 aliphatic rings. The number of rotatable bonds is 4. The fraction of sp³-hybridized carbons (Fsp3) is 0.444. The molecule has 0 spiro atoms. The summed E-state index contributed by atoms with van der Waals surface area (Å²) in [6.07, 6.45) is 1.54. The Hall–Kier alpha value is -0.650. The summed E-state index contributed by atoms with van der Waals surface area (Å²) in [4.78, 5) is 4.06. The van der Waals surface area contributed by atoms with Gasteiger partial charge in [0, 0.05) is 29.2 Å². The van der Waals surface area contributed by atoms with Gasteiger partial charge in [-0.2, -0.15) is 0 Å². The quantitative estimate of drug-likeness (QED) is 0.837. The van der Waals surface area contributed by atoms with Crippen molar-refractivity contribution in [2.45, 2.75) is 12.5 Å². The first-order chi connectivity index (χ1) is 6.67. The number of nitrogens with zero attached hydrogens (tertiary/aromatic N) is 1. The number of pyridine rings is 1. The summed E-state index contributed by atoms with van der Waals surface area (Å²) in [5.74, 6) is 0.528. The molecule has 0 saturated heterocycles. The molecule has 0 amide bonds. The van der Waals surface area contributed by atoms with Crippen LogP contribution in [0, 0.1) is 0 Å². The van der Waals surface area contributed by atoms with Gasteiger partial charge in [-0.1, -0.05) is 0 Å². The molecule has 1 unspecified atom stereocenters. The van der Waals surface area contributed by atoms with Gasteiger partial charge < -0.3 is 15.6 Å². The van der Waals surface area contributed by atoms with Crippen LogP contribution in [0.4, 0.5) is 0 Å². The second-order valence-electron chi connectivity index (χ2n) is 2.92. The predicted octanol–water partition coefficient (Wildman–Crippen LogP) is 0.715. The largest absolute Gasteiger partial charge is 0.481 e. The maximum Gasteiger partial charge on any atom is 0.216 e. The predicted molar refractivity (Wildman–Crippen MR) is 57.3 cm³/mol. The molecule has 1 atom stereocenters. The average molecular weight is 261 g/mol. The SMILES string of the molecule is COc1ncc(Br)cc1CC(O)CN. The monoisotopic (exact) mass is 260 g/mol. The summed E-state index contributed by atoms with van der Waals surface area (Å²) in [7, 11) is 1.55. The van der Waals surface area contributed by atoms with E-state index in [1.807, 2.05) is 6.07 Å². The zero-order chi connectivity index (χ0) is 10.6. The summed E-state index contributed by atoms with van der Waals surface area (Å²) >= 11 is 3.31. The van der Waals surface area contributed by atoms with Gasteiger partial charge >= 0.3 is 0 Å². The number of nitrogens with two attached hydrogens (primary N) is 1. The van der Waals surface area contributed by atoms with E-state index in [-0.39, 0.29) is 6.54 Å². The Kier molecular flexibility index (Phi) is 4.31. The van der Waals surface area contributed by atoms with E-state index in [4.69, 9.17) is 10.5 Å². The van der Waals surface area contributed by atoms with Crippen LogP contribution < -0.4 is 10.5 Å². The number of aliphatic hydroxyl groups excluding tert-OH is 1. The molecule has 1 heterocycles. The molecular formula is C9H13BrN2O2. The first-order valence-electron chi connectivity index (χ1n) is 4.24. The molecule has 0 aliphatic heterocycles. The van der Waals surface area contributed by atoms with Gasteiger partial charge in [-0.05, 0) is 22.0 Å². The summed E-state index contributed by atoms with van der Waals surface area (Å²) in [5.41, 5.74) is 6.17. The Balaban J connectivity index is 2.87. The highest BCUT2D eigenvalue weighted by Gasteiger charge is 2.09. The van der Waals surface area contributed by atoms with Crippen LogP contribution in [-0.4, -0.2) is 29.8 Å². The van der Waals surface area contributed by atoms with Crippen molar-refractivity contribution >= 4 is 15.9 Å². The molecule has 1 aromatic heterocycles. The van der Waals surface area contributed by atoms with Crippen LogP contribution in [0.15, 0.2) is 16.7 Å². The van der Waals surface area contributed by atoms with E-state index in [0.717, 1.165) is 10.0 Å². The van der Waals surface area contributed by atoms with E-state index in [2.05, 4.69) is 20.9 Å². The van der Waals surface area contributed by atoms with Gasteiger partial charge in [0.25, 0.3) is 0 Å². The Morgan fingerprint density at radius 2 is 2.43 bits per heavy atom. The normalized spacial score (nSPS) is 12.6. The van der Waals surface area contributed by atoms with Crippen LogP contribution >= 0.6 is 15.9 Å². The smallest absolute Gasteiger partial charge is 0.216 e. The van der Waals surface area contributed by atoms with Gasteiger partial charge in [0.1, 0.15) is 0 Å². The lowest BCUT2D eigenvalue weighted by molar-refractivity contribution is 0.182. The molecule has 1 aromatic rings. The maximum atomic E-state index is 9.40. The summed E-state index contributed by atoms with van der Waals surface area (Å²) < 4.78 is 5.92. The molecule has 0 saturated carbocycles. The van der Waals surface area contributed by atoms with Crippen molar-refractivity contribution in [3.63, 3.8) is 0 Å². The number of halogens is 1. The second-order valence-corrected chi connectivity index (χ2v) is 3.83. The summed E-state index contributed by atoms with van der Waals surface area (Å²) in [6, 6.07) is 1.87. The van der Waals surface area contributed by atoms with Crippen molar-refractivity contribution in [2.24, 2.45) is 5.73 Å². The van der Waals surface area contributed by atoms with E-state index in [1.54, 1.807) is 13.3 Å². The fourth-order valence-corrected chi connectivity index (χ4v) is 1.51. The van der Waals surface area contributed by atoms with Crippen LogP contribution in [0.25, 0.3) is 0 Å². The number of methoxy groups -OCH3 is 1. The van der Waals surface area contributed by atoms with Gasteiger partial charge in [0.2, 0.25) is 5.88 Å². The first-order valence-corrected chi connectivity index (χ1v) is 5.03. The van der Waals surface area contributed by atoms with Gasteiger partial charge in [0.15, 0.2) is 0 Å².